The van der Waals surface area contributed by atoms with Gasteiger partial charge < -0.3 is 4.57 Å². The zero-order valence-electron chi connectivity index (χ0n) is 11.5. The Bertz CT molecular complexity index is 952. The van der Waals surface area contributed by atoms with Crippen molar-refractivity contribution >= 4 is 37.7 Å². The van der Waals surface area contributed by atoms with E-state index >= 15 is 0 Å². The first-order valence-corrected chi connectivity index (χ1v) is 7.61. The molecule has 0 spiro atoms. The van der Waals surface area contributed by atoms with E-state index in [4.69, 9.17) is 0 Å². The zero-order valence-corrected chi connectivity index (χ0v) is 13.1. The number of aryl methyl sites for hydroxylation is 1. The van der Waals surface area contributed by atoms with E-state index in [2.05, 4.69) is 81.1 Å². The molecule has 0 fully saturated rings. The molecule has 0 N–H and O–H groups in total. The molecule has 4 aromatic rings. The van der Waals surface area contributed by atoms with Crippen molar-refractivity contribution in [3.8, 4) is 11.1 Å². The molecule has 0 saturated heterocycles. The minimum atomic E-state index is 1.10. The predicted octanol–water partition coefficient (Wildman–Crippen LogP) is 5.16. The van der Waals surface area contributed by atoms with Crippen molar-refractivity contribution in [2.75, 3.05) is 0 Å². The zero-order chi connectivity index (χ0) is 14.4. The molecule has 0 aliphatic heterocycles. The molecule has 0 bridgehead atoms. The number of aromatic nitrogens is 2. The number of halogens is 1. The van der Waals surface area contributed by atoms with Crippen molar-refractivity contribution in [3.05, 3.63) is 65.4 Å². The molecule has 0 saturated carbocycles. The van der Waals surface area contributed by atoms with Crippen molar-refractivity contribution < 1.29 is 0 Å². The summed E-state index contributed by atoms with van der Waals surface area (Å²) in [5.41, 5.74) is 4.91. The van der Waals surface area contributed by atoms with Gasteiger partial charge in [-0.3, -0.25) is 4.98 Å². The average molecular weight is 337 g/mol. The predicted molar refractivity (Wildman–Crippen MR) is 91.4 cm³/mol. The largest absolute Gasteiger partial charge is 0.343 e. The van der Waals surface area contributed by atoms with Crippen LogP contribution >= 0.6 is 15.9 Å². The summed E-state index contributed by atoms with van der Waals surface area (Å²) in [4.78, 5) is 4.25. The van der Waals surface area contributed by atoms with Gasteiger partial charge in [-0.2, -0.15) is 0 Å². The van der Waals surface area contributed by atoms with Crippen LogP contribution in [0.4, 0.5) is 0 Å². The standard InChI is InChI=1S/C18H13BrN2/c1-21-17-8-9-20-11-16(17)15-7-4-13(10-18(15)21)12-2-5-14(19)6-3-12/h2-11H,1H3. The van der Waals surface area contributed by atoms with Crippen molar-refractivity contribution in [1.82, 2.24) is 9.55 Å². The highest BCUT2D eigenvalue weighted by Gasteiger charge is 2.09. The third-order valence-electron chi connectivity index (χ3n) is 3.99. The minimum absolute atomic E-state index is 1.10. The molecular formula is C18H13BrN2. The lowest BCUT2D eigenvalue weighted by Gasteiger charge is -2.04. The van der Waals surface area contributed by atoms with Crippen LogP contribution in [0.2, 0.25) is 0 Å². The SMILES string of the molecule is Cn1c2ccncc2c2ccc(-c3ccc(Br)cc3)cc21. The molecule has 2 aromatic carbocycles. The van der Waals surface area contributed by atoms with Crippen LogP contribution in [0.1, 0.15) is 0 Å². The molecule has 0 unspecified atom stereocenters. The van der Waals surface area contributed by atoms with E-state index in [0.717, 1.165) is 4.47 Å². The van der Waals surface area contributed by atoms with E-state index in [1.807, 2.05) is 12.4 Å². The normalized spacial score (nSPS) is 11.3. The van der Waals surface area contributed by atoms with Gasteiger partial charge in [0.2, 0.25) is 0 Å². The lowest BCUT2D eigenvalue weighted by molar-refractivity contribution is 1.01. The Morgan fingerprint density at radius 3 is 2.43 bits per heavy atom. The summed E-state index contributed by atoms with van der Waals surface area (Å²) in [5, 5.41) is 2.46. The maximum absolute atomic E-state index is 4.25. The van der Waals surface area contributed by atoms with E-state index in [1.165, 1.54) is 32.9 Å². The number of pyridine rings is 1. The average Bonchev–Trinajstić information content (AvgIpc) is 2.81. The van der Waals surface area contributed by atoms with Gasteiger partial charge in [0.1, 0.15) is 0 Å². The van der Waals surface area contributed by atoms with Crippen LogP contribution in [0.15, 0.2) is 65.4 Å². The van der Waals surface area contributed by atoms with Crippen LogP contribution in [-0.4, -0.2) is 9.55 Å². The molecule has 4 rings (SSSR count). The molecule has 2 heterocycles. The van der Waals surface area contributed by atoms with Gasteiger partial charge in [-0.15, -0.1) is 0 Å². The molecule has 2 nitrogen and oxygen atoms in total. The summed E-state index contributed by atoms with van der Waals surface area (Å²) in [5.74, 6) is 0. The topological polar surface area (TPSA) is 17.8 Å². The molecule has 0 aliphatic rings. The number of benzene rings is 2. The number of rotatable bonds is 1. The van der Waals surface area contributed by atoms with E-state index < -0.39 is 0 Å². The van der Waals surface area contributed by atoms with Gasteiger partial charge >= 0.3 is 0 Å². The van der Waals surface area contributed by atoms with Gasteiger partial charge in [0.15, 0.2) is 0 Å². The van der Waals surface area contributed by atoms with Crippen molar-refractivity contribution in [3.63, 3.8) is 0 Å². The second kappa shape index (κ2) is 4.71. The van der Waals surface area contributed by atoms with Gasteiger partial charge in [-0.1, -0.05) is 40.2 Å². The van der Waals surface area contributed by atoms with Crippen LogP contribution in [0, 0.1) is 0 Å². The fourth-order valence-corrected chi connectivity index (χ4v) is 3.14. The molecule has 0 amide bonds. The molecule has 3 heteroatoms. The van der Waals surface area contributed by atoms with Crippen molar-refractivity contribution in [2.24, 2.45) is 7.05 Å². The lowest BCUT2D eigenvalue weighted by Crippen LogP contribution is -1.87. The first-order valence-electron chi connectivity index (χ1n) is 6.82. The highest BCUT2D eigenvalue weighted by molar-refractivity contribution is 9.10. The Morgan fingerprint density at radius 1 is 0.857 bits per heavy atom. The molecule has 0 radical (unpaired) electrons. The lowest BCUT2D eigenvalue weighted by atomic mass is 10.0. The first kappa shape index (κ1) is 12.6. The van der Waals surface area contributed by atoms with Crippen molar-refractivity contribution in [1.29, 1.82) is 0 Å². The van der Waals surface area contributed by atoms with Gasteiger partial charge in [0.25, 0.3) is 0 Å². The molecule has 0 aliphatic carbocycles. The van der Waals surface area contributed by atoms with Gasteiger partial charge in [0.05, 0.1) is 5.52 Å². The summed E-state index contributed by atoms with van der Waals surface area (Å²) in [6.45, 7) is 0. The van der Waals surface area contributed by atoms with Crippen molar-refractivity contribution in [2.45, 2.75) is 0 Å². The monoisotopic (exact) mass is 336 g/mol. The summed E-state index contributed by atoms with van der Waals surface area (Å²) >= 11 is 3.48. The fourth-order valence-electron chi connectivity index (χ4n) is 2.88. The van der Waals surface area contributed by atoms with Crippen LogP contribution in [0.3, 0.4) is 0 Å². The van der Waals surface area contributed by atoms with Crippen LogP contribution in [0.5, 0.6) is 0 Å². The van der Waals surface area contributed by atoms with E-state index in [-0.39, 0.29) is 0 Å². The Labute approximate surface area is 131 Å². The number of fused-ring (bicyclic) bond motifs is 3. The highest BCUT2D eigenvalue weighted by atomic mass is 79.9. The number of hydrogen-bond donors (Lipinski definition) is 0. The van der Waals surface area contributed by atoms with E-state index in [1.54, 1.807) is 0 Å². The summed E-state index contributed by atoms with van der Waals surface area (Å²) in [6.07, 6.45) is 3.79. The Morgan fingerprint density at radius 2 is 1.62 bits per heavy atom. The summed E-state index contributed by atoms with van der Waals surface area (Å²) in [6, 6.07) is 17.1. The Kier molecular flexibility index (Phi) is 2.82. The maximum Gasteiger partial charge on any atom is 0.0519 e. The summed E-state index contributed by atoms with van der Waals surface area (Å²) < 4.78 is 3.33. The quantitative estimate of drug-likeness (QED) is 0.469. The van der Waals surface area contributed by atoms with Gasteiger partial charge in [0, 0.05) is 40.2 Å². The molecule has 102 valence electrons. The smallest absolute Gasteiger partial charge is 0.0519 e. The highest BCUT2D eigenvalue weighted by Crippen LogP contribution is 2.31. The second-order valence-corrected chi connectivity index (χ2v) is 6.11. The fraction of sp³-hybridized carbons (Fsp3) is 0.0556. The summed E-state index contributed by atoms with van der Waals surface area (Å²) in [7, 11) is 2.11. The molecule has 2 aromatic heterocycles. The van der Waals surface area contributed by atoms with Crippen LogP contribution < -0.4 is 0 Å². The molecular weight excluding hydrogens is 324 g/mol. The number of nitrogens with zero attached hydrogens (tertiary/aromatic N) is 2. The van der Waals surface area contributed by atoms with Crippen LogP contribution in [0.25, 0.3) is 32.9 Å². The van der Waals surface area contributed by atoms with E-state index in [9.17, 15) is 0 Å². The molecule has 0 atom stereocenters. The third-order valence-corrected chi connectivity index (χ3v) is 4.51. The Balaban J connectivity index is 2.00. The number of hydrogen-bond acceptors (Lipinski definition) is 1. The Hall–Kier alpha value is -2.13. The van der Waals surface area contributed by atoms with Gasteiger partial charge in [-0.05, 0) is 35.4 Å². The minimum Gasteiger partial charge on any atom is -0.343 e. The maximum atomic E-state index is 4.25. The second-order valence-electron chi connectivity index (χ2n) is 5.19. The third kappa shape index (κ3) is 1.96. The molecule has 21 heavy (non-hydrogen) atoms. The van der Waals surface area contributed by atoms with E-state index in [0.29, 0.717) is 0 Å². The first-order chi connectivity index (χ1) is 10.2. The van der Waals surface area contributed by atoms with Crippen LogP contribution in [-0.2, 0) is 7.05 Å². The van der Waals surface area contributed by atoms with Gasteiger partial charge in [-0.25, -0.2) is 0 Å².